The minimum Gasteiger partial charge on any atom is -0.508 e. The molecule has 310 valence electrons. The number of urea groups is 1. The lowest BCUT2D eigenvalue weighted by Gasteiger charge is -2.47. The first-order valence-corrected chi connectivity index (χ1v) is 20.0. The number of amides is 2. The van der Waals surface area contributed by atoms with Crippen molar-refractivity contribution in [3.63, 3.8) is 0 Å². The van der Waals surface area contributed by atoms with Crippen molar-refractivity contribution in [3.05, 3.63) is 41.5 Å². The first kappa shape index (κ1) is 41.1. The summed E-state index contributed by atoms with van der Waals surface area (Å²) < 4.78 is 73.1. The molecule has 4 aromatic rings. The number of carbonyl (C=O) groups is 1. The highest BCUT2D eigenvalue weighted by molar-refractivity contribution is 6.04. The Bertz CT molecular complexity index is 2220. The number of pyridine rings is 1. The van der Waals surface area contributed by atoms with E-state index in [1.165, 1.54) is 45.2 Å². The monoisotopic (exact) mass is 805 g/mol. The maximum atomic E-state index is 17.4. The molecule has 15 heteroatoms. The predicted molar refractivity (Wildman–Crippen MR) is 215 cm³/mol. The summed E-state index contributed by atoms with van der Waals surface area (Å²) in [6.45, 7) is 9.46. The third-order valence-electron chi connectivity index (χ3n) is 11.7. The van der Waals surface area contributed by atoms with Gasteiger partial charge in [-0.25, -0.2) is 27.3 Å². The number of phenols is 1. The van der Waals surface area contributed by atoms with Crippen molar-refractivity contribution in [1.82, 2.24) is 30.1 Å². The number of hydrogen-bond acceptors (Lipinski definition) is 9. The Morgan fingerprint density at radius 3 is 2.36 bits per heavy atom. The zero-order valence-electron chi connectivity index (χ0n) is 33.7. The Balaban J connectivity index is 1.34. The van der Waals surface area contributed by atoms with Crippen LogP contribution in [-0.4, -0.2) is 113 Å². The van der Waals surface area contributed by atoms with Gasteiger partial charge in [-0.2, -0.15) is 9.97 Å². The van der Waals surface area contributed by atoms with Crippen molar-refractivity contribution in [2.75, 3.05) is 57.9 Å². The number of piperidine rings is 1. The average Bonchev–Trinajstić information content (AvgIpc) is 3.98. The third kappa shape index (κ3) is 8.26. The van der Waals surface area contributed by atoms with Crippen molar-refractivity contribution >= 4 is 33.5 Å². The number of halogens is 4. The molecule has 11 nitrogen and oxygen atoms in total. The van der Waals surface area contributed by atoms with Crippen LogP contribution in [0.4, 0.5) is 28.2 Å². The number of alkyl halides is 2. The van der Waals surface area contributed by atoms with E-state index < -0.39 is 23.5 Å². The number of ether oxygens (including phenoxy) is 2. The van der Waals surface area contributed by atoms with Gasteiger partial charge in [0.1, 0.15) is 45.8 Å². The van der Waals surface area contributed by atoms with E-state index in [9.17, 15) is 18.7 Å². The van der Waals surface area contributed by atoms with E-state index in [1.807, 2.05) is 18.7 Å². The maximum absolute atomic E-state index is 17.4. The van der Waals surface area contributed by atoms with Crippen molar-refractivity contribution in [2.24, 2.45) is 5.41 Å². The number of nitrogens with one attached hydrogen (secondary N) is 1. The number of fused-ring (bicyclic) bond motifs is 2. The second-order valence-corrected chi connectivity index (χ2v) is 16.5. The lowest BCUT2D eigenvalue weighted by atomic mass is 9.95. The minimum absolute atomic E-state index is 0.0324. The summed E-state index contributed by atoms with van der Waals surface area (Å²) in [6.07, 6.45) is 8.88. The number of rotatable bonds is 12. The Labute approximate surface area is 336 Å². The molecule has 2 amide bonds. The zero-order chi connectivity index (χ0) is 41.5. The molecule has 2 saturated heterocycles. The lowest BCUT2D eigenvalue weighted by molar-refractivity contribution is 0.107. The van der Waals surface area contributed by atoms with Gasteiger partial charge in [-0.15, -0.1) is 6.42 Å². The minimum atomic E-state index is -1.60. The molecule has 2 aromatic carbocycles. The van der Waals surface area contributed by atoms with Gasteiger partial charge in [0, 0.05) is 49.1 Å². The first-order chi connectivity index (χ1) is 27.7. The fraction of sp³-hybridized carbons (Fsp3) is 0.535. The van der Waals surface area contributed by atoms with E-state index in [2.05, 4.69) is 26.1 Å². The fourth-order valence-corrected chi connectivity index (χ4v) is 8.34. The third-order valence-corrected chi connectivity index (χ3v) is 11.7. The summed E-state index contributed by atoms with van der Waals surface area (Å²) in [7, 11) is 1.38. The number of piperazine rings is 1. The molecule has 2 unspecified atom stereocenters. The van der Waals surface area contributed by atoms with Crippen molar-refractivity contribution in [1.29, 1.82) is 0 Å². The van der Waals surface area contributed by atoms with Gasteiger partial charge in [0.15, 0.2) is 5.82 Å². The first-order valence-electron chi connectivity index (χ1n) is 20.0. The summed E-state index contributed by atoms with van der Waals surface area (Å²) in [5.41, 5.74) is -2.35. The van der Waals surface area contributed by atoms with Crippen molar-refractivity contribution in [2.45, 2.75) is 90.1 Å². The fourth-order valence-electron chi connectivity index (χ4n) is 8.34. The Hall–Kier alpha value is -5.10. The van der Waals surface area contributed by atoms with Gasteiger partial charge in [-0.05, 0) is 76.0 Å². The summed E-state index contributed by atoms with van der Waals surface area (Å²) >= 11 is 0. The van der Waals surface area contributed by atoms with Crippen LogP contribution in [-0.2, 0) is 0 Å². The number of phenolic OH excluding ortho intramolecular Hbond substituents is 1. The highest BCUT2D eigenvalue weighted by atomic mass is 19.1. The molecule has 0 bridgehead atoms. The van der Waals surface area contributed by atoms with Crippen LogP contribution >= 0.6 is 0 Å². The quantitative estimate of drug-likeness (QED) is 0.111. The molecule has 2 aliphatic heterocycles. The molecule has 2 aromatic heterocycles. The molecule has 0 radical (unpaired) electrons. The largest absolute Gasteiger partial charge is 0.508 e. The number of aromatic hydroxyl groups is 1. The van der Waals surface area contributed by atoms with Crippen LogP contribution in [0.1, 0.15) is 71.8 Å². The number of likely N-dealkylation sites (tertiary alicyclic amines) is 1. The second kappa shape index (κ2) is 16.3. The summed E-state index contributed by atoms with van der Waals surface area (Å²) in [5, 5.41) is 14.2. The molecule has 0 spiro atoms. The number of nitrogens with zero attached hydrogens (tertiary/aromatic N) is 6. The van der Waals surface area contributed by atoms with Gasteiger partial charge in [-0.3, -0.25) is 0 Å². The van der Waals surface area contributed by atoms with Crippen molar-refractivity contribution in [3.8, 4) is 41.2 Å². The summed E-state index contributed by atoms with van der Waals surface area (Å²) in [6, 6.07) is 4.17. The topological polar surface area (TPSA) is 116 Å². The van der Waals surface area contributed by atoms with Crippen LogP contribution in [0.5, 0.6) is 17.6 Å². The Morgan fingerprint density at radius 1 is 1.07 bits per heavy atom. The molecule has 7 rings (SSSR count). The number of aromatic nitrogens is 3. The van der Waals surface area contributed by atoms with E-state index in [0.29, 0.717) is 44.2 Å². The molecule has 4 heterocycles. The molecule has 3 fully saturated rings. The van der Waals surface area contributed by atoms with Gasteiger partial charge in [0.05, 0.1) is 37.9 Å². The lowest BCUT2D eigenvalue weighted by Crippen LogP contribution is -2.63. The van der Waals surface area contributed by atoms with Gasteiger partial charge < -0.3 is 34.6 Å². The number of methoxy groups -OCH3 is 1. The van der Waals surface area contributed by atoms with Gasteiger partial charge in [0.25, 0.3) is 0 Å². The van der Waals surface area contributed by atoms with Crippen LogP contribution in [0.25, 0.3) is 32.9 Å². The number of benzene rings is 2. The van der Waals surface area contributed by atoms with Gasteiger partial charge in [0.2, 0.25) is 5.88 Å². The molecular weight excluding hydrogens is 755 g/mol. The van der Waals surface area contributed by atoms with Crippen LogP contribution in [0.15, 0.2) is 24.3 Å². The van der Waals surface area contributed by atoms with E-state index in [-0.39, 0.29) is 106 Å². The molecule has 2 N–H and O–H groups in total. The SMILES string of the molecule is C#Cc1c(F)ccc2cc(O)cc(-c3nc(OC)c4c(N5CC(CC)N(C(=O)NCC(C)(C)F)C(CC)C5)nc(OCC5(CN6CCC(F)CC6)CC5)nc4c3F)c12. The number of terminal acetylenes is 1. The van der Waals surface area contributed by atoms with E-state index in [1.54, 1.807) is 4.90 Å². The zero-order valence-corrected chi connectivity index (χ0v) is 33.7. The molecule has 58 heavy (non-hydrogen) atoms. The van der Waals surface area contributed by atoms with E-state index in [0.717, 1.165) is 19.4 Å². The number of anilines is 1. The number of carbonyl (C=O) groups excluding carboxylic acids is 1. The summed E-state index contributed by atoms with van der Waals surface area (Å²) in [5.74, 6) is 0.791. The predicted octanol–water partition coefficient (Wildman–Crippen LogP) is 7.55. The maximum Gasteiger partial charge on any atom is 0.319 e. The second-order valence-electron chi connectivity index (χ2n) is 16.5. The van der Waals surface area contributed by atoms with Crippen LogP contribution in [0.3, 0.4) is 0 Å². The highest BCUT2D eigenvalue weighted by Crippen LogP contribution is 2.48. The molecule has 1 saturated carbocycles. The van der Waals surface area contributed by atoms with Crippen LogP contribution in [0.2, 0.25) is 0 Å². The number of hydrogen-bond donors (Lipinski definition) is 2. The Morgan fingerprint density at radius 2 is 1.76 bits per heavy atom. The standard InChI is InChI=1S/C43H51F4N7O4/c1-7-27-20-53(21-28(8-2)54(27)41(56)48-22-42(4,5)47)38-34-37(50-40(51-38)58-24-43(14-15-43)23-52-16-12-26(44)13-17-52)35(46)36(49-39(34)57-6)31-19-29(55)18-25-10-11-32(45)30(9-3)33(25)31/h3,10-11,18-19,26-28,55H,7-8,12-17,20-24H2,1-2,4-6H3,(H,48,56). The molecular formula is C43H51F4N7O4. The van der Waals surface area contributed by atoms with Crippen molar-refractivity contribution < 1.29 is 36.9 Å². The van der Waals surface area contributed by atoms with E-state index in [4.69, 9.17) is 20.9 Å². The van der Waals surface area contributed by atoms with Gasteiger partial charge in [-0.1, -0.05) is 25.8 Å². The van der Waals surface area contributed by atoms with E-state index >= 15 is 8.78 Å². The molecule has 1 aliphatic carbocycles. The normalized spacial score (nSPS) is 20.0. The van der Waals surface area contributed by atoms with Gasteiger partial charge >= 0.3 is 12.0 Å². The summed E-state index contributed by atoms with van der Waals surface area (Å²) in [4.78, 5) is 33.7. The molecule has 3 aliphatic rings. The van der Waals surface area contributed by atoms with Crippen LogP contribution < -0.4 is 19.7 Å². The highest BCUT2D eigenvalue weighted by Gasteiger charge is 2.46. The Kier molecular flexibility index (Phi) is 11.5. The van der Waals surface area contributed by atoms with Crippen LogP contribution in [0, 0.1) is 29.4 Å². The molecule has 2 atom stereocenters. The average molecular weight is 806 g/mol. The smallest absolute Gasteiger partial charge is 0.319 e.